The third kappa shape index (κ3) is 1.93. The molecule has 0 rings (SSSR count). The van der Waals surface area contributed by atoms with E-state index in [1.54, 1.807) is 6.92 Å². The summed E-state index contributed by atoms with van der Waals surface area (Å²) in [6.45, 7) is 1.54. The first-order chi connectivity index (χ1) is 4.63. The summed E-state index contributed by atoms with van der Waals surface area (Å²) in [6, 6.07) is -0.601. The first kappa shape index (κ1) is 4.32. The molecule has 1 atom stereocenters. The SMILES string of the molecule is [2H]CN(C[2H])C(=O)[C@H](C)N. The highest BCUT2D eigenvalue weighted by Gasteiger charge is 2.07. The van der Waals surface area contributed by atoms with Crippen molar-refractivity contribution in [3.05, 3.63) is 0 Å². The molecule has 0 spiro atoms. The van der Waals surface area contributed by atoms with Crippen LogP contribution in [-0.4, -0.2) is 30.9 Å². The van der Waals surface area contributed by atoms with Gasteiger partial charge in [-0.25, -0.2) is 0 Å². The number of nitrogens with zero attached hydrogens (tertiary/aromatic N) is 1. The van der Waals surface area contributed by atoms with Crippen LogP contribution >= 0.6 is 0 Å². The Balaban J connectivity index is 3.89. The van der Waals surface area contributed by atoms with E-state index in [4.69, 9.17) is 8.48 Å². The average molecular weight is 118 g/mol. The summed E-state index contributed by atoms with van der Waals surface area (Å²) in [7, 11) is -0.381. The van der Waals surface area contributed by atoms with Gasteiger partial charge in [-0.15, -0.1) is 0 Å². The second kappa shape index (κ2) is 2.67. The van der Waals surface area contributed by atoms with Crippen molar-refractivity contribution in [2.45, 2.75) is 13.0 Å². The van der Waals surface area contributed by atoms with E-state index >= 15 is 0 Å². The van der Waals surface area contributed by atoms with Crippen LogP contribution in [0.25, 0.3) is 0 Å². The van der Waals surface area contributed by atoms with Crippen LogP contribution in [0.3, 0.4) is 0 Å². The van der Waals surface area contributed by atoms with E-state index in [1.165, 1.54) is 0 Å². The molecule has 0 aromatic carbocycles. The minimum absolute atomic E-state index is 0.191. The number of amides is 1. The lowest BCUT2D eigenvalue weighted by Gasteiger charge is -2.11. The lowest BCUT2D eigenvalue weighted by atomic mass is 10.3. The highest BCUT2D eigenvalue weighted by molar-refractivity contribution is 5.80. The number of nitrogens with two attached hydrogens (primary N) is 1. The van der Waals surface area contributed by atoms with Crippen molar-refractivity contribution in [1.82, 2.24) is 4.90 Å². The zero-order chi connectivity index (χ0) is 8.15. The normalized spacial score (nSPS) is 16.2. The van der Waals surface area contributed by atoms with E-state index in [1.807, 2.05) is 0 Å². The summed E-state index contributed by atoms with van der Waals surface area (Å²) in [6.07, 6.45) is 0. The number of likely N-dealkylation sites (N-methyl/N-ethyl adjacent to an activating group) is 1. The molecule has 3 heteroatoms. The van der Waals surface area contributed by atoms with Gasteiger partial charge in [0, 0.05) is 16.8 Å². The Morgan fingerprint density at radius 1 is 1.88 bits per heavy atom. The van der Waals surface area contributed by atoms with Crippen molar-refractivity contribution < 1.29 is 7.54 Å². The molecule has 3 nitrogen and oxygen atoms in total. The molecule has 0 aliphatic rings. The fourth-order valence-corrected chi connectivity index (χ4v) is 0.288. The fraction of sp³-hybridized carbons (Fsp3) is 0.800. The van der Waals surface area contributed by atoms with Crippen molar-refractivity contribution in [2.24, 2.45) is 5.73 Å². The van der Waals surface area contributed by atoms with E-state index in [9.17, 15) is 4.79 Å². The molecular formula is C5H12N2O. The molecule has 2 N–H and O–H groups in total. The third-order valence-electron chi connectivity index (χ3n) is 0.701. The summed E-state index contributed by atoms with van der Waals surface area (Å²) in [5.74, 6) is -0.343. The second-order valence-corrected chi connectivity index (χ2v) is 1.67. The highest BCUT2D eigenvalue weighted by atomic mass is 16.2. The van der Waals surface area contributed by atoms with Crippen LogP contribution in [0.2, 0.25) is 0 Å². The maximum Gasteiger partial charge on any atom is 0.238 e. The summed E-state index contributed by atoms with van der Waals surface area (Å²) >= 11 is 0. The van der Waals surface area contributed by atoms with Crippen LogP contribution in [0, 0.1) is 0 Å². The Labute approximate surface area is 52.3 Å². The molecule has 0 aliphatic carbocycles. The maximum absolute atomic E-state index is 10.9. The first-order valence-electron chi connectivity index (χ1n) is 3.67. The van der Waals surface area contributed by atoms with Crippen LogP contribution in [-0.2, 0) is 4.79 Å². The Kier molecular flexibility index (Phi) is 1.44. The van der Waals surface area contributed by atoms with Crippen molar-refractivity contribution >= 4 is 5.91 Å². The van der Waals surface area contributed by atoms with Crippen molar-refractivity contribution in [2.75, 3.05) is 14.0 Å². The summed E-state index contributed by atoms with van der Waals surface area (Å²) in [5, 5.41) is 0. The monoisotopic (exact) mass is 118 g/mol. The zero-order valence-corrected chi connectivity index (χ0v) is 4.92. The smallest absolute Gasteiger partial charge is 0.238 e. The average Bonchev–Trinajstić information content (AvgIpc) is 1.90. The largest absolute Gasteiger partial charge is 0.347 e. The number of hydrogen-bond acceptors (Lipinski definition) is 2. The zero-order valence-electron chi connectivity index (χ0n) is 6.92. The molecule has 0 bridgehead atoms. The van der Waals surface area contributed by atoms with Gasteiger partial charge in [-0.1, -0.05) is 0 Å². The number of carbonyl (C=O) groups is 1. The van der Waals surface area contributed by atoms with Gasteiger partial charge in [0.05, 0.1) is 6.04 Å². The summed E-state index contributed by atoms with van der Waals surface area (Å²) in [4.78, 5) is 11.9. The number of carbonyl (C=O) groups excluding carboxylic acids is 1. The van der Waals surface area contributed by atoms with Crippen molar-refractivity contribution in [1.29, 1.82) is 0 Å². The lowest BCUT2D eigenvalue weighted by Crippen LogP contribution is -2.37. The molecule has 48 valence electrons. The van der Waals surface area contributed by atoms with Gasteiger partial charge in [0.25, 0.3) is 0 Å². The highest BCUT2D eigenvalue weighted by Crippen LogP contribution is 1.81. The second-order valence-electron chi connectivity index (χ2n) is 1.67. The van der Waals surface area contributed by atoms with Crippen LogP contribution in [0.4, 0.5) is 0 Å². The lowest BCUT2D eigenvalue weighted by molar-refractivity contribution is -0.129. The first-order valence-corrected chi connectivity index (χ1v) is 2.26. The van der Waals surface area contributed by atoms with Gasteiger partial charge in [0.15, 0.2) is 0 Å². The van der Waals surface area contributed by atoms with Crippen LogP contribution < -0.4 is 5.73 Å². The number of rotatable bonds is 1. The molecule has 1 amide bonds. The molecular weight excluding hydrogens is 104 g/mol. The topological polar surface area (TPSA) is 46.3 Å². The molecule has 0 saturated heterocycles. The predicted octanol–water partition coefficient (Wildman–Crippen LogP) is -0.578. The van der Waals surface area contributed by atoms with Crippen molar-refractivity contribution in [3.8, 4) is 0 Å². The van der Waals surface area contributed by atoms with E-state index in [0.29, 0.717) is 0 Å². The molecule has 0 fully saturated rings. The van der Waals surface area contributed by atoms with E-state index in [-0.39, 0.29) is 20.0 Å². The molecule has 0 radical (unpaired) electrons. The van der Waals surface area contributed by atoms with Crippen LogP contribution in [0.1, 0.15) is 9.67 Å². The standard InChI is InChI=1S/C5H12N2O/c1-4(6)5(8)7(2)3/h4H,6H2,1-3H3/t4-/m0/s1/i2D,3D. The van der Waals surface area contributed by atoms with Gasteiger partial charge in [-0.2, -0.15) is 0 Å². The van der Waals surface area contributed by atoms with E-state index < -0.39 is 6.04 Å². The molecule has 0 heterocycles. The van der Waals surface area contributed by atoms with Gasteiger partial charge in [0.1, 0.15) is 0 Å². The fourth-order valence-electron chi connectivity index (χ4n) is 0.288. The molecule has 0 saturated carbocycles. The predicted molar refractivity (Wildman–Crippen MR) is 32.3 cm³/mol. The van der Waals surface area contributed by atoms with Gasteiger partial charge in [-0.3, -0.25) is 4.79 Å². The Morgan fingerprint density at radius 2 is 2.38 bits per heavy atom. The molecule has 0 aromatic heterocycles. The Morgan fingerprint density at radius 3 is 2.50 bits per heavy atom. The van der Waals surface area contributed by atoms with E-state index in [0.717, 1.165) is 4.90 Å². The molecule has 0 unspecified atom stereocenters. The van der Waals surface area contributed by atoms with Crippen LogP contribution in [0.15, 0.2) is 0 Å². The Hall–Kier alpha value is -0.570. The molecule has 8 heavy (non-hydrogen) atoms. The van der Waals surface area contributed by atoms with Gasteiger partial charge >= 0.3 is 0 Å². The third-order valence-corrected chi connectivity index (χ3v) is 0.701. The summed E-state index contributed by atoms with van der Waals surface area (Å²) in [5.41, 5.74) is 5.23. The van der Waals surface area contributed by atoms with E-state index in [2.05, 4.69) is 0 Å². The molecule has 0 aliphatic heterocycles. The number of hydrogen-bond donors (Lipinski definition) is 1. The quantitative estimate of drug-likeness (QED) is 0.501. The van der Waals surface area contributed by atoms with Gasteiger partial charge < -0.3 is 10.6 Å². The Bertz CT molecular complexity index is 114. The van der Waals surface area contributed by atoms with Gasteiger partial charge in [-0.05, 0) is 6.92 Å². The maximum atomic E-state index is 10.9. The van der Waals surface area contributed by atoms with Crippen molar-refractivity contribution in [3.63, 3.8) is 0 Å². The molecule has 0 aromatic rings. The minimum Gasteiger partial charge on any atom is -0.347 e. The van der Waals surface area contributed by atoms with Crippen LogP contribution in [0.5, 0.6) is 0 Å². The van der Waals surface area contributed by atoms with Gasteiger partial charge in [0.2, 0.25) is 5.91 Å². The summed E-state index contributed by atoms with van der Waals surface area (Å²) < 4.78 is 13.6. The minimum atomic E-state index is -0.601.